The number of likely N-dealkylation sites (tertiary alicyclic amines) is 1. The number of aromatic nitrogens is 1. The zero-order valence-electron chi connectivity index (χ0n) is 10.2. The van der Waals surface area contributed by atoms with Gasteiger partial charge in [-0.1, -0.05) is 0 Å². The Bertz CT molecular complexity index is 425. The van der Waals surface area contributed by atoms with Gasteiger partial charge in [-0.25, -0.2) is 4.98 Å². The number of hydrogen-bond acceptors (Lipinski definition) is 3. The van der Waals surface area contributed by atoms with Crippen molar-refractivity contribution in [3.63, 3.8) is 0 Å². The molecule has 1 aliphatic rings. The number of nitrogens with zero attached hydrogens (tertiary/aromatic N) is 2. The summed E-state index contributed by atoms with van der Waals surface area (Å²) in [6.07, 6.45) is 4.63. The maximum atomic E-state index is 13.5. The second kappa shape index (κ2) is 5.91. The number of carbonyl (C=O) groups is 1. The minimum Gasteiger partial charge on any atom is -0.396 e. The highest BCUT2D eigenvalue weighted by atomic mass is 19.1. The first kappa shape index (κ1) is 13.0. The zero-order valence-corrected chi connectivity index (χ0v) is 10.2. The number of pyridine rings is 1. The largest absolute Gasteiger partial charge is 0.396 e. The van der Waals surface area contributed by atoms with E-state index in [1.54, 1.807) is 11.0 Å². The van der Waals surface area contributed by atoms with Crippen LogP contribution < -0.4 is 0 Å². The Hall–Kier alpha value is -1.49. The van der Waals surface area contributed by atoms with Crippen molar-refractivity contribution in [1.82, 2.24) is 9.88 Å². The predicted octanol–water partition coefficient (Wildman–Crippen LogP) is 1.60. The Labute approximate surface area is 105 Å². The molecular formula is C13H17FN2O2. The second-order valence-corrected chi connectivity index (χ2v) is 4.50. The molecule has 98 valence electrons. The van der Waals surface area contributed by atoms with Crippen LogP contribution in [0.5, 0.6) is 0 Å². The molecule has 1 fully saturated rings. The van der Waals surface area contributed by atoms with Crippen LogP contribution in [0, 0.1) is 5.95 Å². The van der Waals surface area contributed by atoms with E-state index in [0.717, 1.165) is 19.3 Å². The van der Waals surface area contributed by atoms with E-state index in [9.17, 15) is 9.18 Å². The molecule has 0 spiro atoms. The van der Waals surface area contributed by atoms with Crippen LogP contribution in [0.3, 0.4) is 0 Å². The number of carbonyl (C=O) groups excluding carboxylic acids is 1. The summed E-state index contributed by atoms with van der Waals surface area (Å²) in [5, 5.41) is 8.84. The number of hydrogen-bond donors (Lipinski definition) is 1. The molecule has 1 aliphatic heterocycles. The molecule has 1 unspecified atom stereocenters. The number of halogens is 1. The summed E-state index contributed by atoms with van der Waals surface area (Å²) < 4.78 is 13.5. The summed E-state index contributed by atoms with van der Waals surface area (Å²) in [6, 6.07) is 3.14. The molecule has 1 aromatic heterocycles. The zero-order chi connectivity index (χ0) is 13.0. The highest BCUT2D eigenvalue weighted by Crippen LogP contribution is 2.23. The van der Waals surface area contributed by atoms with Gasteiger partial charge in [0.25, 0.3) is 5.91 Å². The van der Waals surface area contributed by atoms with Gasteiger partial charge < -0.3 is 10.0 Å². The molecule has 0 aliphatic carbocycles. The van der Waals surface area contributed by atoms with Gasteiger partial charge in [-0.2, -0.15) is 4.39 Å². The average Bonchev–Trinajstić information content (AvgIpc) is 2.84. The first-order valence-corrected chi connectivity index (χ1v) is 6.26. The fraction of sp³-hybridized carbons (Fsp3) is 0.538. The van der Waals surface area contributed by atoms with Crippen LogP contribution in [0.15, 0.2) is 18.3 Å². The quantitative estimate of drug-likeness (QED) is 0.828. The maximum absolute atomic E-state index is 13.5. The molecule has 1 aromatic rings. The van der Waals surface area contributed by atoms with Gasteiger partial charge in [0.1, 0.15) is 0 Å². The summed E-state index contributed by atoms with van der Waals surface area (Å²) in [4.78, 5) is 17.4. The van der Waals surface area contributed by atoms with Gasteiger partial charge in [0.05, 0.1) is 5.56 Å². The van der Waals surface area contributed by atoms with E-state index in [-0.39, 0.29) is 24.1 Å². The minimum absolute atomic E-state index is 0.0356. The molecule has 2 heterocycles. The summed E-state index contributed by atoms with van der Waals surface area (Å²) >= 11 is 0. The van der Waals surface area contributed by atoms with E-state index in [1.807, 2.05) is 0 Å². The SMILES string of the molecule is O=C(c1cccnc1F)N1CCCC1CCCO. The highest BCUT2D eigenvalue weighted by Gasteiger charge is 2.30. The van der Waals surface area contributed by atoms with Crippen molar-refractivity contribution < 1.29 is 14.3 Å². The van der Waals surface area contributed by atoms with Crippen molar-refractivity contribution in [1.29, 1.82) is 0 Å². The van der Waals surface area contributed by atoms with Crippen LogP contribution in [0.4, 0.5) is 4.39 Å². The van der Waals surface area contributed by atoms with Crippen molar-refractivity contribution in [2.75, 3.05) is 13.2 Å². The van der Waals surface area contributed by atoms with Crippen molar-refractivity contribution in [3.8, 4) is 0 Å². The average molecular weight is 252 g/mol. The summed E-state index contributed by atoms with van der Waals surface area (Å²) in [6.45, 7) is 0.781. The third-order valence-corrected chi connectivity index (χ3v) is 3.32. The van der Waals surface area contributed by atoms with Gasteiger partial charge in [-0.15, -0.1) is 0 Å². The van der Waals surface area contributed by atoms with Crippen molar-refractivity contribution in [3.05, 3.63) is 29.8 Å². The monoisotopic (exact) mass is 252 g/mol. The van der Waals surface area contributed by atoms with Crippen LogP contribution in [-0.2, 0) is 0 Å². The molecule has 1 atom stereocenters. The lowest BCUT2D eigenvalue weighted by atomic mass is 10.1. The topological polar surface area (TPSA) is 53.4 Å². The summed E-state index contributed by atoms with van der Waals surface area (Å²) in [5.41, 5.74) is 0.0356. The fourth-order valence-corrected chi connectivity index (χ4v) is 2.43. The van der Waals surface area contributed by atoms with Crippen LogP contribution in [0.2, 0.25) is 0 Å². The molecule has 0 saturated carbocycles. The van der Waals surface area contributed by atoms with E-state index in [2.05, 4.69) is 4.98 Å². The fourth-order valence-electron chi connectivity index (χ4n) is 2.43. The summed E-state index contributed by atoms with van der Waals surface area (Å²) in [7, 11) is 0. The van der Waals surface area contributed by atoms with E-state index in [1.165, 1.54) is 12.3 Å². The number of aliphatic hydroxyl groups excluding tert-OH is 1. The molecule has 5 heteroatoms. The standard InChI is InChI=1S/C13H17FN2O2/c14-12-11(6-1-7-15-12)13(18)16-8-2-4-10(16)5-3-9-17/h1,6-7,10,17H,2-5,8-9H2. The Morgan fingerprint density at radius 2 is 2.44 bits per heavy atom. The molecule has 1 amide bonds. The van der Waals surface area contributed by atoms with Gasteiger partial charge in [0, 0.05) is 25.4 Å². The third-order valence-electron chi connectivity index (χ3n) is 3.32. The number of rotatable bonds is 4. The lowest BCUT2D eigenvalue weighted by Gasteiger charge is -2.24. The van der Waals surface area contributed by atoms with Crippen LogP contribution >= 0.6 is 0 Å². The van der Waals surface area contributed by atoms with Gasteiger partial charge in [0.15, 0.2) is 0 Å². The molecule has 0 aromatic carbocycles. The molecule has 0 radical (unpaired) electrons. The van der Waals surface area contributed by atoms with Crippen molar-refractivity contribution in [2.45, 2.75) is 31.7 Å². The number of aliphatic hydroxyl groups is 1. The Balaban J connectivity index is 2.10. The first-order chi connectivity index (χ1) is 8.74. The van der Waals surface area contributed by atoms with E-state index in [4.69, 9.17) is 5.11 Å². The van der Waals surface area contributed by atoms with Crippen LogP contribution in [-0.4, -0.2) is 40.1 Å². The van der Waals surface area contributed by atoms with E-state index >= 15 is 0 Å². The molecule has 1 N–H and O–H groups in total. The van der Waals surface area contributed by atoms with Gasteiger partial charge in [-0.3, -0.25) is 4.79 Å². The minimum atomic E-state index is -0.713. The van der Waals surface area contributed by atoms with Crippen molar-refractivity contribution in [2.24, 2.45) is 0 Å². The van der Waals surface area contributed by atoms with Crippen molar-refractivity contribution >= 4 is 5.91 Å². The first-order valence-electron chi connectivity index (χ1n) is 6.26. The van der Waals surface area contributed by atoms with Crippen LogP contribution in [0.1, 0.15) is 36.0 Å². The highest BCUT2D eigenvalue weighted by molar-refractivity contribution is 5.94. The number of amides is 1. The lowest BCUT2D eigenvalue weighted by Crippen LogP contribution is -2.36. The van der Waals surface area contributed by atoms with E-state index < -0.39 is 5.95 Å². The molecular weight excluding hydrogens is 235 g/mol. The molecule has 4 nitrogen and oxygen atoms in total. The van der Waals surface area contributed by atoms with Gasteiger partial charge in [0.2, 0.25) is 5.95 Å². The normalized spacial score (nSPS) is 19.2. The van der Waals surface area contributed by atoms with Crippen LogP contribution in [0.25, 0.3) is 0 Å². The molecule has 2 rings (SSSR count). The Kier molecular flexibility index (Phi) is 4.25. The molecule has 1 saturated heterocycles. The maximum Gasteiger partial charge on any atom is 0.258 e. The summed E-state index contributed by atoms with van der Waals surface area (Å²) in [5.74, 6) is -1.00. The smallest absolute Gasteiger partial charge is 0.258 e. The predicted molar refractivity (Wildman–Crippen MR) is 64.6 cm³/mol. The molecule has 0 bridgehead atoms. The van der Waals surface area contributed by atoms with Gasteiger partial charge in [-0.05, 0) is 37.8 Å². The van der Waals surface area contributed by atoms with E-state index in [0.29, 0.717) is 13.0 Å². The Morgan fingerprint density at radius 1 is 1.61 bits per heavy atom. The molecule has 18 heavy (non-hydrogen) atoms. The Morgan fingerprint density at radius 3 is 3.17 bits per heavy atom. The second-order valence-electron chi connectivity index (χ2n) is 4.50. The third kappa shape index (κ3) is 2.67. The lowest BCUT2D eigenvalue weighted by molar-refractivity contribution is 0.0718. The van der Waals surface area contributed by atoms with Gasteiger partial charge >= 0.3 is 0 Å².